The monoisotopic (exact) mass is 286 g/mol. The second kappa shape index (κ2) is 8.19. The Bertz CT molecular complexity index is 347. The highest BCUT2D eigenvalue weighted by Crippen LogP contribution is 2.19. The number of nitrogens with two attached hydrogens (primary N) is 1. The van der Waals surface area contributed by atoms with E-state index >= 15 is 0 Å². The van der Waals surface area contributed by atoms with Crippen LogP contribution in [0.3, 0.4) is 0 Å². The van der Waals surface area contributed by atoms with Crippen molar-refractivity contribution in [2.75, 3.05) is 5.75 Å². The topological polar surface area (TPSA) is 89.3 Å². The van der Waals surface area contributed by atoms with E-state index in [2.05, 4.69) is 5.32 Å². The molecule has 1 aliphatic heterocycles. The molecule has 1 saturated heterocycles. The third-order valence-electron chi connectivity index (χ3n) is 3.31. The molecule has 6 heteroatoms. The van der Waals surface area contributed by atoms with Crippen LogP contribution in [0.25, 0.3) is 0 Å². The van der Waals surface area contributed by atoms with Crippen LogP contribution in [0.5, 0.6) is 0 Å². The van der Waals surface area contributed by atoms with Gasteiger partial charge < -0.3 is 11.1 Å². The lowest BCUT2D eigenvalue weighted by atomic mass is 9.97. The Labute approximate surface area is 118 Å². The summed E-state index contributed by atoms with van der Waals surface area (Å²) in [5.41, 5.74) is 5.29. The standard InChI is InChI=1S/C13H22N2O3S/c1-9(16)19-8-10-6-4-2-3-5-7-11(12(14)17)15-13(10)18/h10-11H,2-8H2,1H3,(H2,14,17)(H,15,18). The molecule has 0 aliphatic carbocycles. The summed E-state index contributed by atoms with van der Waals surface area (Å²) in [6.45, 7) is 1.50. The molecule has 0 aromatic rings. The van der Waals surface area contributed by atoms with E-state index in [0.717, 1.165) is 43.9 Å². The van der Waals surface area contributed by atoms with Crippen LogP contribution in [0.15, 0.2) is 0 Å². The number of hydrogen-bond acceptors (Lipinski definition) is 4. The first-order valence-electron chi connectivity index (χ1n) is 6.73. The van der Waals surface area contributed by atoms with Crippen LogP contribution in [0.1, 0.15) is 45.4 Å². The van der Waals surface area contributed by atoms with Crippen molar-refractivity contribution in [1.29, 1.82) is 0 Å². The predicted octanol–water partition coefficient (Wildman–Crippen LogP) is 1.21. The van der Waals surface area contributed by atoms with Crippen LogP contribution in [-0.4, -0.2) is 28.7 Å². The highest BCUT2D eigenvalue weighted by atomic mass is 32.2. The quantitative estimate of drug-likeness (QED) is 0.816. The second-order valence-electron chi connectivity index (χ2n) is 4.95. The lowest BCUT2D eigenvalue weighted by Crippen LogP contribution is -2.47. The van der Waals surface area contributed by atoms with Crippen LogP contribution in [-0.2, 0) is 14.4 Å². The molecular formula is C13H22N2O3S. The van der Waals surface area contributed by atoms with E-state index in [1.807, 2.05) is 0 Å². The Kier molecular flexibility index (Phi) is 6.91. The van der Waals surface area contributed by atoms with Gasteiger partial charge in [0.2, 0.25) is 11.8 Å². The summed E-state index contributed by atoms with van der Waals surface area (Å²) >= 11 is 1.16. The maximum absolute atomic E-state index is 12.1. The van der Waals surface area contributed by atoms with Gasteiger partial charge in [-0.3, -0.25) is 14.4 Å². The molecule has 0 saturated carbocycles. The van der Waals surface area contributed by atoms with Gasteiger partial charge in [0.1, 0.15) is 6.04 Å². The fraction of sp³-hybridized carbons (Fsp3) is 0.769. The Hall–Kier alpha value is -1.04. The zero-order valence-electron chi connectivity index (χ0n) is 11.3. The minimum absolute atomic E-state index is 0.0105. The van der Waals surface area contributed by atoms with Gasteiger partial charge in [-0.05, 0) is 12.8 Å². The summed E-state index contributed by atoms with van der Waals surface area (Å²) in [5.74, 6) is -0.368. The first kappa shape index (κ1) is 16.0. The summed E-state index contributed by atoms with van der Waals surface area (Å²) in [6, 6.07) is -0.574. The van der Waals surface area contributed by atoms with Crippen molar-refractivity contribution in [3.63, 3.8) is 0 Å². The number of carbonyl (C=O) groups is 3. The lowest BCUT2D eigenvalue weighted by molar-refractivity contribution is -0.129. The van der Waals surface area contributed by atoms with Crippen molar-refractivity contribution >= 4 is 28.7 Å². The molecule has 0 aromatic heterocycles. The number of rotatable bonds is 3. The molecule has 1 heterocycles. The Morgan fingerprint density at radius 2 is 1.89 bits per heavy atom. The molecule has 2 unspecified atom stereocenters. The van der Waals surface area contributed by atoms with Gasteiger partial charge in [0.15, 0.2) is 5.12 Å². The van der Waals surface area contributed by atoms with Crippen molar-refractivity contribution in [3.05, 3.63) is 0 Å². The number of thioether (sulfide) groups is 1. The molecule has 5 nitrogen and oxygen atoms in total. The maximum atomic E-state index is 12.1. The molecule has 1 aliphatic rings. The fourth-order valence-electron chi connectivity index (χ4n) is 2.18. The molecule has 0 spiro atoms. The van der Waals surface area contributed by atoms with Crippen LogP contribution in [0.4, 0.5) is 0 Å². The van der Waals surface area contributed by atoms with Gasteiger partial charge in [0, 0.05) is 18.6 Å². The van der Waals surface area contributed by atoms with Crippen LogP contribution < -0.4 is 11.1 Å². The van der Waals surface area contributed by atoms with Gasteiger partial charge in [-0.2, -0.15) is 0 Å². The summed E-state index contributed by atoms with van der Waals surface area (Å²) in [4.78, 5) is 34.4. The minimum atomic E-state index is -0.574. The summed E-state index contributed by atoms with van der Waals surface area (Å²) in [5, 5.41) is 2.73. The van der Waals surface area contributed by atoms with Crippen LogP contribution in [0, 0.1) is 5.92 Å². The zero-order chi connectivity index (χ0) is 14.3. The van der Waals surface area contributed by atoms with Gasteiger partial charge in [-0.1, -0.05) is 37.4 Å². The van der Waals surface area contributed by atoms with Gasteiger partial charge in [-0.25, -0.2) is 0 Å². The van der Waals surface area contributed by atoms with Gasteiger partial charge in [0.05, 0.1) is 0 Å². The zero-order valence-corrected chi connectivity index (χ0v) is 12.1. The number of nitrogens with one attached hydrogen (secondary N) is 1. The Morgan fingerprint density at radius 1 is 1.26 bits per heavy atom. The van der Waals surface area contributed by atoms with Crippen molar-refractivity contribution < 1.29 is 14.4 Å². The minimum Gasteiger partial charge on any atom is -0.368 e. The van der Waals surface area contributed by atoms with Gasteiger partial charge in [0.25, 0.3) is 0 Å². The van der Waals surface area contributed by atoms with E-state index in [4.69, 9.17) is 5.73 Å². The normalized spacial score (nSPS) is 25.4. The summed E-state index contributed by atoms with van der Waals surface area (Å²) in [6.07, 6.45) is 5.36. The van der Waals surface area contributed by atoms with E-state index in [1.165, 1.54) is 6.92 Å². The highest BCUT2D eigenvalue weighted by molar-refractivity contribution is 8.13. The molecule has 1 fully saturated rings. The largest absolute Gasteiger partial charge is 0.368 e. The summed E-state index contributed by atoms with van der Waals surface area (Å²) < 4.78 is 0. The number of carbonyl (C=O) groups excluding carboxylic acids is 3. The third kappa shape index (κ3) is 6.09. The molecule has 2 atom stereocenters. The van der Waals surface area contributed by atoms with Crippen molar-refractivity contribution in [3.8, 4) is 0 Å². The van der Waals surface area contributed by atoms with E-state index in [1.54, 1.807) is 0 Å². The molecular weight excluding hydrogens is 264 g/mol. The second-order valence-corrected chi connectivity index (χ2v) is 6.15. The highest BCUT2D eigenvalue weighted by Gasteiger charge is 2.25. The van der Waals surface area contributed by atoms with Gasteiger partial charge in [-0.15, -0.1) is 0 Å². The predicted molar refractivity (Wildman–Crippen MR) is 75.5 cm³/mol. The average Bonchev–Trinajstić information content (AvgIpc) is 2.34. The first-order chi connectivity index (χ1) is 9.00. The van der Waals surface area contributed by atoms with E-state index in [0.29, 0.717) is 12.2 Å². The number of amides is 2. The Morgan fingerprint density at radius 3 is 2.47 bits per heavy atom. The van der Waals surface area contributed by atoms with Crippen molar-refractivity contribution in [2.24, 2.45) is 11.7 Å². The lowest BCUT2D eigenvalue weighted by Gasteiger charge is -2.22. The first-order valence-corrected chi connectivity index (χ1v) is 7.72. The summed E-state index contributed by atoms with van der Waals surface area (Å²) in [7, 11) is 0. The molecule has 0 bridgehead atoms. The van der Waals surface area contributed by atoms with Gasteiger partial charge >= 0.3 is 0 Å². The molecule has 19 heavy (non-hydrogen) atoms. The molecule has 3 N–H and O–H groups in total. The SMILES string of the molecule is CC(=O)SCC1CCCCCCC(C(N)=O)NC1=O. The molecule has 1 rings (SSSR count). The van der Waals surface area contributed by atoms with E-state index in [9.17, 15) is 14.4 Å². The smallest absolute Gasteiger partial charge is 0.239 e. The molecule has 2 amide bonds. The average molecular weight is 286 g/mol. The van der Waals surface area contributed by atoms with Crippen molar-refractivity contribution in [1.82, 2.24) is 5.32 Å². The molecule has 0 radical (unpaired) electrons. The van der Waals surface area contributed by atoms with E-state index < -0.39 is 11.9 Å². The van der Waals surface area contributed by atoms with E-state index in [-0.39, 0.29) is 16.9 Å². The number of hydrogen-bond donors (Lipinski definition) is 2. The third-order valence-corrected chi connectivity index (χ3v) is 4.29. The Balaban J connectivity index is 2.64. The van der Waals surface area contributed by atoms with Crippen LogP contribution in [0.2, 0.25) is 0 Å². The molecule has 108 valence electrons. The van der Waals surface area contributed by atoms with Crippen molar-refractivity contribution in [2.45, 2.75) is 51.5 Å². The number of primary amides is 1. The fourth-order valence-corrected chi connectivity index (χ4v) is 2.93. The molecule has 0 aromatic carbocycles. The van der Waals surface area contributed by atoms with Crippen LogP contribution >= 0.6 is 11.8 Å². The maximum Gasteiger partial charge on any atom is 0.239 e.